The molecule has 0 radical (unpaired) electrons. The van der Waals surface area contributed by atoms with E-state index in [1.165, 1.54) is 17.0 Å². The summed E-state index contributed by atoms with van der Waals surface area (Å²) in [5, 5.41) is 0. The number of benzene rings is 2. The summed E-state index contributed by atoms with van der Waals surface area (Å²) < 4.78 is 26.8. The quantitative estimate of drug-likeness (QED) is 0.488. The molecule has 0 aromatic heterocycles. The second-order valence-corrected chi connectivity index (χ2v) is 7.00. The van der Waals surface area contributed by atoms with Crippen molar-refractivity contribution in [2.45, 2.75) is 9.79 Å². The summed E-state index contributed by atoms with van der Waals surface area (Å²) in [5.41, 5.74) is 11.8. The SMILES string of the molecule is CSc1ccc(C=Nc2ccc(S(=O)(=O)N=C(N)N)cc2)cc1. The van der Waals surface area contributed by atoms with Crippen molar-refractivity contribution in [1.29, 1.82) is 0 Å². The lowest BCUT2D eigenvalue weighted by Gasteiger charge is -2.00. The number of hydrogen-bond donors (Lipinski definition) is 2. The Kier molecular flexibility index (Phi) is 5.41. The summed E-state index contributed by atoms with van der Waals surface area (Å²) in [4.78, 5) is 5.49. The fourth-order valence-corrected chi connectivity index (χ4v) is 3.01. The molecule has 0 atom stereocenters. The van der Waals surface area contributed by atoms with E-state index in [2.05, 4.69) is 9.39 Å². The Morgan fingerprint density at radius 3 is 2.17 bits per heavy atom. The normalized spacial score (nSPS) is 11.5. The Morgan fingerprint density at radius 2 is 1.65 bits per heavy atom. The molecule has 0 saturated carbocycles. The lowest BCUT2D eigenvalue weighted by Crippen LogP contribution is -2.24. The molecule has 0 aliphatic rings. The maximum atomic E-state index is 11.8. The Labute approximate surface area is 139 Å². The van der Waals surface area contributed by atoms with Gasteiger partial charge in [0.05, 0.1) is 10.6 Å². The highest BCUT2D eigenvalue weighted by atomic mass is 32.2. The Morgan fingerprint density at radius 1 is 1.04 bits per heavy atom. The molecule has 8 heteroatoms. The van der Waals surface area contributed by atoms with Crippen LogP contribution in [0.3, 0.4) is 0 Å². The van der Waals surface area contributed by atoms with Crippen LogP contribution in [0.2, 0.25) is 0 Å². The fraction of sp³-hybridized carbons (Fsp3) is 0.0667. The summed E-state index contributed by atoms with van der Waals surface area (Å²) in [7, 11) is -3.87. The van der Waals surface area contributed by atoms with Gasteiger partial charge in [0.15, 0.2) is 0 Å². The van der Waals surface area contributed by atoms with Crippen LogP contribution in [0, 0.1) is 0 Å². The van der Waals surface area contributed by atoms with Crippen molar-refractivity contribution in [3.63, 3.8) is 0 Å². The molecule has 0 bridgehead atoms. The van der Waals surface area contributed by atoms with E-state index >= 15 is 0 Å². The zero-order valence-corrected chi connectivity index (χ0v) is 14.0. The molecule has 23 heavy (non-hydrogen) atoms. The first-order valence-electron chi connectivity index (χ1n) is 6.55. The van der Waals surface area contributed by atoms with Crippen molar-refractivity contribution in [2.75, 3.05) is 6.26 Å². The van der Waals surface area contributed by atoms with Crippen LogP contribution < -0.4 is 11.5 Å². The van der Waals surface area contributed by atoms with E-state index in [-0.39, 0.29) is 4.90 Å². The third kappa shape index (κ3) is 4.83. The summed E-state index contributed by atoms with van der Waals surface area (Å²) in [5.74, 6) is -0.499. The van der Waals surface area contributed by atoms with Crippen molar-refractivity contribution in [3.05, 3.63) is 54.1 Å². The Bertz CT molecular complexity index is 823. The van der Waals surface area contributed by atoms with E-state index < -0.39 is 16.0 Å². The van der Waals surface area contributed by atoms with E-state index in [0.29, 0.717) is 5.69 Å². The van der Waals surface area contributed by atoms with Gasteiger partial charge in [-0.15, -0.1) is 16.2 Å². The van der Waals surface area contributed by atoms with Crippen molar-refractivity contribution in [3.8, 4) is 0 Å². The monoisotopic (exact) mass is 348 g/mol. The minimum absolute atomic E-state index is 0.00849. The van der Waals surface area contributed by atoms with Gasteiger partial charge in [0.25, 0.3) is 10.0 Å². The predicted octanol–water partition coefficient (Wildman–Crippen LogP) is 2.12. The van der Waals surface area contributed by atoms with Crippen LogP contribution in [0.25, 0.3) is 0 Å². The van der Waals surface area contributed by atoms with Gasteiger partial charge in [-0.3, -0.25) is 4.99 Å². The molecule has 2 aromatic rings. The van der Waals surface area contributed by atoms with Gasteiger partial charge in [0.1, 0.15) is 0 Å². The fourth-order valence-electron chi connectivity index (χ4n) is 1.73. The number of rotatable bonds is 5. The van der Waals surface area contributed by atoms with Gasteiger partial charge in [-0.1, -0.05) is 12.1 Å². The number of nitrogens with two attached hydrogens (primary N) is 2. The van der Waals surface area contributed by atoms with Crippen LogP contribution in [0.1, 0.15) is 5.56 Å². The Hall–Kier alpha value is -2.32. The van der Waals surface area contributed by atoms with Gasteiger partial charge < -0.3 is 11.5 Å². The zero-order chi connectivity index (χ0) is 16.9. The van der Waals surface area contributed by atoms with Crippen molar-refractivity contribution in [1.82, 2.24) is 0 Å². The first-order chi connectivity index (χ1) is 10.9. The van der Waals surface area contributed by atoms with Crippen LogP contribution in [0.15, 0.2) is 67.7 Å². The number of thioether (sulfide) groups is 1. The predicted molar refractivity (Wildman–Crippen MR) is 94.9 cm³/mol. The summed E-state index contributed by atoms with van der Waals surface area (Å²) in [6.07, 6.45) is 3.73. The summed E-state index contributed by atoms with van der Waals surface area (Å²) in [6.45, 7) is 0. The van der Waals surface area contributed by atoms with Gasteiger partial charge in [-0.25, -0.2) is 0 Å². The number of guanidine groups is 1. The smallest absolute Gasteiger partial charge is 0.285 e. The lowest BCUT2D eigenvalue weighted by molar-refractivity contribution is 0.598. The minimum Gasteiger partial charge on any atom is -0.369 e. The molecule has 0 amide bonds. The van der Waals surface area contributed by atoms with Crippen molar-refractivity contribution < 1.29 is 8.42 Å². The van der Waals surface area contributed by atoms with Gasteiger partial charge in [0.2, 0.25) is 5.96 Å². The van der Waals surface area contributed by atoms with Crippen molar-refractivity contribution >= 4 is 39.6 Å². The van der Waals surface area contributed by atoms with E-state index in [0.717, 1.165) is 5.56 Å². The molecule has 0 saturated heterocycles. The standard InChI is InChI=1S/C15H16N4O2S2/c1-22-13-6-2-11(3-7-13)10-18-12-4-8-14(9-5-12)23(20,21)19-15(16)17/h2-10H,1H3,(H4,16,17,19). The van der Waals surface area contributed by atoms with Gasteiger partial charge >= 0.3 is 0 Å². The lowest BCUT2D eigenvalue weighted by atomic mass is 10.2. The van der Waals surface area contributed by atoms with Crippen LogP contribution in [0.5, 0.6) is 0 Å². The molecule has 2 aromatic carbocycles. The number of nitrogens with zero attached hydrogens (tertiary/aromatic N) is 2. The molecular weight excluding hydrogens is 332 g/mol. The first kappa shape index (κ1) is 17.0. The molecule has 0 aliphatic carbocycles. The van der Waals surface area contributed by atoms with E-state index in [1.54, 1.807) is 30.1 Å². The number of sulfonamides is 1. The van der Waals surface area contributed by atoms with Crippen LogP contribution in [0.4, 0.5) is 5.69 Å². The third-order valence-corrected chi connectivity index (χ3v) is 4.90. The zero-order valence-electron chi connectivity index (χ0n) is 12.4. The summed E-state index contributed by atoms with van der Waals surface area (Å²) in [6, 6.07) is 13.9. The second-order valence-electron chi connectivity index (χ2n) is 4.52. The maximum Gasteiger partial charge on any atom is 0.285 e. The highest BCUT2D eigenvalue weighted by molar-refractivity contribution is 7.98. The minimum atomic E-state index is -3.87. The molecule has 120 valence electrons. The molecule has 4 N–H and O–H groups in total. The van der Waals surface area contributed by atoms with Gasteiger partial charge in [-0.2, -0.15) is 8.42 Å². The van der Waals surface area contributed by atoms with Crippen LogP contribution in [-0.2, 0) is 10.0 Å². The average Bonchev–Trinajstić information content (AvgIpc) is 2.52. The van der Waals surface area contributed by atoms with Gasteiger partial charge in [0, 0.05) is 11.1 Å². The maximum absolute atomic E-state index is 11.8. The molecule has 6 nitrogen and oxygen atoms in total. The summed E-state index contributed by atoms with van der Waals surface area (Å²) >= 11 is 1.67. The molecule has 0 fully saturated rings. The van der Waals surface area contributed by atoms with E-state index in [4.69, 9.17) is 11.5 Å². The molecule has 0 aliphatic heterocycles. The molecule has 0 spiro atoms. The van der Waals surface area contributed by atoms with Crippen LogP contribution >= 0.6 is 11.8 Å². The first-order valence-corrected chi connectivity index (χ1v) is 9.21. The molecular formula is C15H16N4O2S2. The molecule has 2 rings (SSSR count). The van der Waals surface area contributed by atoms with E-state index in [1.807, 2.05) is 30.5 Å². The topological polar surface area (TPSA) is 111 Å². The molecule has 0 heterocycles. The largest absolute Gasteiger partial charge is 0.369 e. The Balaban J connectivity index is 2.16. The van der Waals surface area contributed by atoms with Crippen LogP contribution in [-0.4, -0.2) is 26.8 Å². The average molecular weight is 348 g/mol. The van der Waals surface area contributed by atoms with Crippen molar-refractivity contribution in [2.24, 2.45) is 20.9 Å². The number of aliphatic imine (C=N–C) groups is 1. The third-order valence-electron chi connectivity index (χ3n) is 2.84. The highest BCUT2D eigenvalue weighted by Gasteiger charge is 2.12. The van der Waals surface area contributed by atoms with Gasteiger partial charge in [-0.05, 0) is 48.2 Å². The molecule has 0 unspecified atom stereocenters. The van der Waals surface area contributed by atoms with E-state index in [9.17, 15) is 8.42 Å². The number of hydrogen-bond acceptors (Lipinski definition) is 4. The second kappa shape index (κ2) is 7.30. The highest BCUT2D eigenvalue weighted by Crippen LogP contribution is 2.19.